The lowest BCUT2D eigenvalue weighted by atomic mass is 10.2. The molecule has 0 radical (unpaired) electrons. The van der Waals surface area contributed by atoms with Crippen molar-refractivity contribution in [2.75, 3.05) is 11.9 Å². The van der Waals surface area contributed by atoms with E-state index in [1.807, 2.05) is 6.92 Å². The fraction of sp³-hybridized carbons (Fsp3) is 0.200. The lowest BCUT2D eigenvalue weighted by Gasteiger charge is -2.09. The molecule has 29 heavy (non-hydrogen) atoms. The van der Waals surface area contributed by atoms with Gasteiger partial charge in [0.05, 0.1) is 22.5 Å². The molecular formula is C20H18ClN3O5. The van der Waals surface area contributed by atoms with Gasteiger partial charge < -0.3 is 19.3 Å². The van der Waals surface area contributed by atoms with Gasteiger partial charge in [-0.1, -0.05) is 22.8 Å². The number of benzene rings is 1. The quantitative estimate of drug-likeness (QED) is 0.463. The van der Waals surface area contributed by atoms with Crippen molar-refractivity contribution in [1.29, 1.82) is 0 Å². The average Bonchev–Trinajstić information content (AvgIpc) is 3.04. The minimum absolute atomic E-state index is 0.148. The van der Waals surface area contributed by atoms with Gasteiger partial charge in [0.2, 0.25) is 0 Å². The smallest absolute Gasteiger partial charge is 0.338 e. The van der Waals surface area contributed by atoms with Crippen LogP contribution in [-0.2, 0) is 16.1 Å². The van der Waals surface area contributed by atoms with E-state index in [1.54, 1.807) is 37.3 Å². The minimum atomic E-state index is -0.653. The Morgan fingerprint density at radius 2 is 2.03 bits per heavy atom. The van der Waals surface area contributed by atoms with Gasteiger partial charge in [0.15, 0.2) is 11.8 Å². The number of nitrogens with one attached hydrogen (secondary N) is 1. The Hall–Kier alpha value is -3.39. The normalized spacial score (nSPS) is 10.4. The van der Waals surface area contributed by atoms with E-state index in [-0.39, 0.29) is 17.3 Å². The fourth-order valence-electron chi connectivity index (χ4n) is 2.46. The summed E-state index contributed by atoms with van der Waals surface area (Å²) in [5.74, 6) is -0.0249. The highest BCUT2D eigenvalue weighted by Crippen LogP contribution is 2.19. The number of carbonyl (C=O) groups is 2. The van der Waals surface area contributed by atoms with Gasteiger partial charge >= 0.3 is 5.97 Å². The van der Waals surface area contributed by atoms with Crippen LogP contribution in [0.2, 0.25) is 5.15 Å². The second-order valence-corrected chi connectivity index (χ2v) is 6.44. The predicted molar refractivity (Wildman–Crippen MR) is 105 cm³/mol. The van der Waals surface area contributed by atoms with Crippen LogP contribution in [0.5, 0.6) is 5.75 Å². The number of anilines is 1. The van der Waals surface area contributed by atoms with E-state index in [0.717, 1.165) is 11.3 Å². The second-order valence-electron chi connectivity index (χ2n) is 6.09. The van der Waals surface area contributed by atoms with E-state index in [2.05, 4.69) is 15.5 Å². The van der Waals surface area contributed by atoms with Gasteiger partial charge in [-0.15, -0.1) is 0 Å². The maximum Gasteiger partial charge on any atom is 0.338 e. The first-order valence-corrected chi connectivity index (χ1v) is 9.04. The summed E-state index contributed by atoms with van der Waals surface area (Å²) in [6.07, 6.45) is 1.50. The van der Waals surface area contributed by atoms with Crippen molar-refractivity contribution in [2.24, 2.45) is 0 Å². The first-order chi connectivity index (χ1) is 13.9. The molecule has 0 saturated carbocycles. The fourth-order valence-corrected chi connectivity index (χ4v) is 2.62. The van der Waals surface area contributed by atoms with Crippen molar-refractivity contribution >= 4 is 29.2 Å². The van der Waals surface area contributed by atoms with Gasteiger partial charge in [-0.05, 0) is 44.2 Å². The number of aromatic nitrogens is 2. The van der Waals surface area contributed by atoms with Gasteiger partial charge in [0, 0.05) is 6.20 Å². The third kappa shape index (κ3) is 5.32. The number of halogens is 1. The largest absolute Gasteiger partial charge is 0.489 e. The number of esters is 1. The van der Waals surface area contributed by atoms with Crippen LogP contribution in [0, 0.1) is 13.8 Å². The van der Waals surface area contributed by atoms with Crippen LogP contribution in [0.3, 0.4) is 0 Å². The molecule has 3 rings (SSSR count). The Bertz CT molecular complexity index is 1010. The first kappa shape index (κ1) is 20.3. The Kier molecular flexibility index (Phi) is 6.46. The molecule has 0 unspecified atom stereocenters. The predicted octanol–water partition coefficient (Wildman–Crippen LogP) is 3.71. The minimum Gasteiger partial charge on any atom is -0.489 e. The standard InChI is InChI=1S/C20H18ClN3O5/c1-12-16(13(2)29-24-12)10-27-15-6-3-5-14(9-15)20(26)28-11-18(25)23-17-7-4-8-22-19(17)21/h3-9H,10-11H2,1-2H3,(H,23,25). The molecule has 0 spiro atoms. The molecule has 2 heterocycles. The molecule has 9 heteroatoms. The van der Waals surface area contributed by atoms with Crippen LogP contribution in [0.15, 0.2) is 47.1 Å². The van der Waals surface area contributed by atoms with Gasteiger partial charge in [-0.25, -0.2) is 9.78 Å². The summed E-state index contributed by atoms with van der Waals surface area (Å²) in [5.41, 5.74) is 2.19. The molecule has 0 atom stereocenters. The number of aryl methyl sites for hydroxylation is 2. The van der Waals surface area contributed by atoms with E-state index in [4.69, 9.17) is 25.6 Å². The number of hydrogen-bond acceptors (Lipinski definition) is 7. The molecule has 1 amide bonds. The summed E-state index contributed by atoms with van der Waals surface area (Å²) < 4.78 is 15.9. The number of rotatable bonds is 7. The summed E-state index contributed by atoms with van der Waals surface area (Å²) in [5, 5.41) is 6.54. The number of carbonyl (C=O) groups excluding carboxylic acids is 2. The molecule has 1 N–H and O–H groups in total. The van der Waals surface area contributed by atoms with Crippen molar-refractivity contribution in [3.8, 4) is 5.75 Å². The maximum atomic E-state index is 12.2. The van der Waals surface area contributed by atoms with Crippen LogP contribution in [0.4, 0.5) is 5.69 Å². The van der Waals surface area contributed by atoms with Crippen LogP contribution in [-0.4, -0.2) is 28.6 Å². The Labute approximate surface area is 171 Å². The van der Waals surface area contributed by atoms with Crippen molar-refractivity contribution in [3.05, 3.63) is 70.3 Å². The Morgan fingerprint density at radius 3 is 2.76 bits per heavy atom. The van der Waals surface area contributed by atoms with Crippen LogP contribution < -0.4 is 10.1 Å². The zero-order valence-corrected chi connectivity index (χ0v) is 16.5. The van der Waals surface area contributed by atoms with Crippen LogP contribution in [0.1, 0.15) is 27.4 Å². The molecule has 0 aliphatic carbocycles. The number of pyridine rings is 1. The number of amides is 1. The molecular weight excluding hydrogens is 398 g/mol. The third-order valence-corrected chi connectivity index (χ3v) is 4.30. The Balaban J connectivity index is 1.55. The molecule has 0 bridgehead atoms. The molecule has 0 saturated heterocycles. The van der Waals surface area contributed by atoms with E-state index in [9.17, 15) is 9.59 Å². The topological polar surface area (TPSA) is 104 Å². The molecule has 2 aromatic heterocycles. The van der Waals surface area contributed by atoms with Crippen molar-refractivity contribution in [2.45, 2.75) is 20.5 Å². The number of ether oxygens (including phenoxy) is 2. The average molecular weight is 416 g/mol. The van der Waals surface area contributed by atoms with Crippen molar-refractivity contribution < 1.29 is 23.6 Å². The molecule has 1 aromatic carbocycles. The number of hydrogen-bond donors (Lipinski definition) is 1. The summed E-state index contributed by atoms with van der Waals surface area (Å²) in [7, 11) is 0. The maximum absolute atomic E-state index is 12.2. The van der Waals surface area contributed by atoms with Gasteiger partial charge in [0.1, 0.15) is 18.1 Å². The Morgan fingerprint density at radius 1 is 1.21 bits per heavy atom. The first-order valence-electron chi connectivity index (χ1n) is 8.66. The highest BCUT2D eigenvalue weighted by Gasteiger charge is 2.14. The zero-order valence-electron chi connectivity index (χ0n) is 15.8. The van der Waals surface area contributed by atoms with Gasteiger partial charge in [-0.2, -0.15) is 0 Å². The van der Waals surface area contributed by atoms with Crippen LogP contribution >= 0.6 is 11.6 Å². The van der Waals surface area contributed by atoms with E-state index < -0.39 is 18.5 Å². The van der Waals surface area contributed by atoms with Crippen molar-refractivity contribution in [1.82, 2.24) is 10.1 Å². The summed E-state index contributed by atoms with van der Waals surface area (Å²) in [4.78, 5) is 28.0. The number of nitrogens with zero attached hydrogens (tertiary/aromatic N) is 2. The lowest BCUT2D eigenvalue weighted by Crippen LogP contribution is -2.21. The summed E-state index contributed by atoms with van der Waals surface area (Å²) in [6, 6.07) is 9.70. The summed E-state index contributed by atoms with van der Waals surface area (Å²) in [6.45, 7) is 3.42. The van der Waals surface area contributed by atoms with E-state index >= 15 is 0 Å². The second kappa shape index (κ2) is 9.20. The molecule has 150 valence electrons. The lowest BCUT2D eigenvalue weighted by molar-refractivity contribution is -0.119. The van der Waals surface area contributed by atoms with Crippen molar-refractivity contribution in [3.63, 3.8) is 0 Å². The molecule has 0 aliphatic heterocycles. The molecule has 8 nitrogen and oxygen atoms in total. The van der Waals surface area contributed by atoms with Gasteiger partial charge in [0.25, 0.3) is 5.91 Å². The highest BCUT2D eigenvalue weighted by atomic mass is 35.5. The third-order valence-electron chi connectivity index (χ3n) is 4.00. The van der Waals surface area contributed by atoms with Crippen LogP contribution in [0.25, 0.3) is 0 Å². The van der Waals surface area contributed by atoms with E-state index in [1.165, 1.54) is 12.3 Å². The molecule has 0 aliphatic rings. The SMILES string of the molecule is Cc1noc(C)c1COc1cccc(C(=O)OCC(=O)Nc2cccnc2Cl)c1. The summed E-state index contributed by atoms with van der Waals surface area (Å²) >= 11 is 5.87. The highest BCUT2D eigenvalue weighted by molar-refractivity contribution is 6.32. The van der Waals surface area contributed by atoms with Gasteiger partial charge in [-0.3, -0.25) is 4.79 Å². The zero-order chi connectivity index (χ0) is 20.8. The molecule has 3 aromatic rings. The molecule has 0 fully saturated rings. The van der Waals surface area contributed by atoms with E-state index in [0.29, 0.717) is 17.2 Å². The monoisotopic (exact) mass is 415 g/mol.